The van der Waals surface area contributed by atoms with E-state index in [9.17, 15) is 0 Å². The Kier molecular flexibility index (Phi) is 4.65. The fourth-order valence-corrected chi connectivity index (χ4v) is 3.29. The van der Waals surface area contributed by atoms with Crippen LogP contribution in [0.5, 0.6) is 5.88 Å². The number of anilines is 1. The van der Waals surface area contributed by atoms with Crippen molar-refractivity contribution in [1.82, 2.24) is 15.0 Å². The highest BCUT2D eigenvalue weighted by Crippen LogP contribution is 2.29. The summed E-state index contributed by atoms with van der Waals surface area (Å²) >= 11 is 0. The van der Waals surface area contributed by atoms with Gasteiger partial charge in [0.25, 0.3) is 0 Å². The lowest BCUT2D eigenvalue weighted by molar-refractivity contribution is 0.294. The summed E-state index contributed by atoms with van der Waals surface area (Å²) in [6.45, 7) is 6.38. The maximum atomic E-state index is 5.96. The van der Waals surface area contributed by atoms with E-state index in [1.54, 1.807) is 6.07 Å². The van der Waals surface area contributed by atoms with E-state index in [0.29, 0.717) is 12.5 Å². The van der Waals surface area contributed by atoms with Crippen LogP contribution in [0, 0.1) is 20.8 Å². The lowest BCUT2D eigenvalue weighted by atomic mass is 9.99. The van der Waals surface area contributed by atoms with Crippen molar-refractivity contribution in [2.45, 2.75) is 27.4 Å². The number of hydrogen-bond donors (Lipinski definition) is 1. The maximum Gasteiger partial charge on any atom is 0.223 e. The fourth-order valence-electron chi connectivity index (χ4n) is 3.29. The topological polar surface area (TPSA) is 73.9 Å². The van der Waals surface area contributed by atoms with Gasteiger partial charge in [-0.3, -0.25) is 0 Å². The molecule has 4 rings (SSSR count). The summed E-state index contributed by atoms with van der Waals surface area (Å²) < 4.78 is 5.96. The van der Waals surface area contributed by atoms with E-state index in [-0.39, 0.29) is 5.95 Å². The van der Waals surface area contributed by atoms with Gasteiger partial charge in [-0.2, -0.15) is 4.98 Å². The number of aromatic nitrogens is 3. The lowest BCUT2D eigenvalue weighted by Crippen LogP contribution is -2.04. The van der Waals surface area contributed by atoms with Crippen LogP contribution in [0.15, 0.2) is 54.6 Å². The van der Waals surface area contributed by atoms with E-state index in [1.165, 1.54) is 11.1 Å². The molecule has 5 heteroatoms. The van der Waals surface area contributed by atoms with Crippen molar-refractivity contribution in [3.8, 4) is 17.1 Å². The van der Waals surface area contributed by atoms with E-state index < -0.39 is 0 Å². The number of nitrogens with zero attached hydrogens (tertiary/aromatic N) is 3. The van der Waals surface area contributed by atoms with Crippen LogP contribution in [0.4, 0.5) is 5.95 Å². The monoisotopic (exact) mass is 370 g/mol. The van der Waals surface area contributed by atoms with Crippen molar-refractivity contribution in [2.75, 3.05) is 5.73 Å². The molecule has 28 heavy (non-hydrogen) atoms. The molecule has 0 saturated carbocycles. The van der Waals surface area contributed by atoms with Crippen LogP contribution in [0.2, 0.25) is 0 Å². The van der Waals surface area contributed by atoms with E-state index >= 15 is 0 Å². The van der Waals surface area contributed by atoms with E-state index in [1.807, 2.05) is 19.1 Å². The largest absolute Gasteiger partial charge is 0.473 e. The molecule has 0 spiro atoms. The summed E-state index contributed by atoms with van der Waals surface area (Å²) in [4.78, 5) is 13.2. The molecule has 0 unspecified atom stereocenters. The third-order valence-corrected chi connectivity index (χ3v) is 4.68. The molecule has 0 fully saturated rings. The first-order chi connectivity index (χ1) is 13.5. The number of fused-ring (bicyclic) bond motifs is 1. The van der Waals surface area contributed by atoms with Crippen molar-refractivity contribution in [1.29, 1.82) is 0 Å². The number of nitrogens with two attached hydrogens (primary N) is 1. The lowest BCUT2D eigenvalue weighted by Gasteiger charge is -2.14. The van der Waals surface area contributed by atoms with Gasteiger partial charge in [-0.1, -0.05) is 36.4 Å². The number of rotatable bonds is 4. The first-order valence-electron chi connectivity index (χ1n) is 9.20. The molecule has 5 nitrogen and oxygen atoms in total. The highest BCUT2D eigenvalue weighted by atomic mass is 16.5. The molecular weight excluding hydrogens is 348 g/mol. The molecule has 0 aliphatic carbocycles. The number of pyridine rings is 1. The van der Waals surface area contributed by atoms with Crippen LogP contribution in [0.3, 0.4) is 0 Å². The van der Waals surface area contributed by atoms with Crippen molar-refractivity contribution in [3.63, 3.8) is 0 Å². The van der Waals surface area contributed by atoms with Crippen LogP contribution in [0.1, 0.15) is 22.4 Å². The Labute approximate surface area is 164 Å². The average Bonchev–Trinajstić information content (AvgIpc) is 2.65. The predicted molar refractivity (Wildman–Crippen MR) is 112 cm³/mol. The third kappa shape index (κ3) is 3.64. The summed E-state index contributed by atoms with van der Waals surface area (Å²) in [6, 6.07) is 18.5. The van der Waals surface area contributed by atoms with Crippen molar-refractivity contribution in [2.24, 2.45) is 0 Å². The molecule has 0 aliphatic heterocycles. The number of benzene rings is 2. The van der Waals surface area contributed by atoms with Gasteiger partial charge in [0.2, 0.25) is 11.8 Å². The van der Waals surface area contributed by atoms with Gasteiger partial charge in [0, 0.05) is 28.3 Å². The van der Waals surface area contributed by atoms with Gasteiger partial charge >= 0.3 is 0 Å². The summed E-state index contributed by atoms with van der Waals surface area (Å²) in [5.74, 6) is 0.672. The summed E-state index contributed by atoms with van der Waals surface area (Å²) in [6.07, 6.45) is 0. The van der Waals surface area contributed by atoms with Gasteiger partial charge in [0.1, 0.15) is 6.61 Å². The number of hydrogen-bond acceptors (Lipinski definition) is 5. The molecule has 0 aliphatic rings. The molecule has 2 aromatic carbocycles. The minimum Gasteiger partial charge on any atom is -0.473 e. The molecule has 0 amide bonds. The number of nitrogen functional groups attached to an aromatic ring is 1. The highest BCUT2D eigenvalue weighted by Gasteiger charge is 2.13. The van der Waals surface area contributed by atoms with Crippen LogP contribution in [-0.4, -0.2) is 15.0 Å². The Balaban J connectivity index is 1.80. The zero-order valence-electron chi connectivity index (χ0n) is 16.2. The molecule has 0 atom stereocenters. The van der Waals surface area contributed by atoms with Gasteiger partial charge in [0.05, 0.1) is 11.2 Å². The molecular formula is C23H22N4O. The minimum absolute atomic E-state index is 0.209. The minimum atomic E-state index is 0.209. The van der Waals surface area contributed by atoms with Gasteiger partial charge in [0.15, 0.2) is 0 Å². The fraction of sp³-hybridized carbons (Fsp3) is 0.174. The van der Waals surface area contributed by atoms with Gasteiger partial charge in [-0.05, 0) is 44.0 Å². The smallest absolute Gasteiger partial charge is 0.223 e. The Morgan fingerprint density at radius 2 is 1.71 bits per heavy atom. The SMILES string of the molecule is Cc1ccc2cc(COc3cc(C)nc(N)n3)c(-c3ccccc3C)nc2c1. The van der Waals surface area contributed by atoms with Crippen LogP contribution < -0.4 is 10.5 Å². The zero-order chi connectivity index (χ0) is 19.7. The van der Waals surface area contributed by atoms with Gasteiger partial charge in [-0.25, -0.2) is 9.97 Å². The van der Waals surface area contributed by atoms with Gasteiger partial charge in [-0.15, -0.1) is 0 Å². The maximum absolute atomic E-state index is 5.96. The van der Waals surface area contributed by atoms with Gasteiger partial charge < -0.3 is 10.5 Å². The quantitative estimate of drug-likeness (QED) is 0.560. The molecule has 140 valence electrons. The Morgan fingerprint density at radius 3 is 2.50 bits per heavy atom. The molecule has 2 N–H and O–H groups in total. The zero-order valence-corrected chi connectivity index (χ0v) is 16.2. The highest BCUT2D eigenvalue weighted by molar-refractivity contribution is 5.84. The van der Waals surface area contributed by atoms with Crippen LogP contribution >= 0.6 is 0 Å². The van der Waals surface area contributed by atoms with Crippen molar-refractivity contribution in [3.05, 3.63) is 77.0 Å². The normalized spacial score (nSPS) is 11.0. The second kappa shape index (κ2) is 7.27. The van der Waals surface area contributed by atoms with Crippen molar-refractivity contribution >= 4 is 16.9 Å². The molecule has 2 heterocycles. The van der Waals surface area contributed by atoms with Crippen LogP contribution in [0.25, 0.3) is 22.2 Å². The second-order valence-electron chi connectivity index (χ2n) is 7.00. The molecule has 0 bridgehead atoms. The van der Waals surface area contributed by atoms with E-state index in [0.717, 1.165) is 33.4 Å². The molecule has 0 radical (unpaired) electrons. The van der Waals surface area contributed by atoms with Crippen LogP contribution in [-0.2, 0) is 6.61 Å². The number of ether oxygens (including phenoxy) is 1. The first-order valence-corrected chi connectivity index (χ1v) is 9.20. The Bertz CT molecular complexity index is 1150. The first kappa shape index (κ1) is 17.9. The van der Waals surface area contributed by atoms with E-state index in [2.05, 4.69) is 60.2 Å². The number of aryl methyl sites for hydroxylation is 3. The summed E-state index contributed by atoms with van der Waals surface area (Å²) in [5, 5.41) is 1.08. The van der Waals surface area contributed by atoms with E-state index in [4.69, 9.17) is 15.5 Å². The standard InChI is InChI=1S/C23H22N4O/c1-14-8-9-17-12-18(13-28-21-11-16(3)25-23(24)27-21)22(26-20(17)10-14)19-7-5-4-6-15(19)2/h4-12H,13H2,1-3H3,(H2,24,25,27). The molecule has 0 saturated heterocycles. The summed E-state index contributed by atoms with van der Waals surface area (Å²) in [5.41, 5.74) is 12.9. The Hall–Kier alpha value is -3.47. The predicted octanol–water partition coefficient (Wildman–Crippen LogP) is 4.78. The second-order valence-corrected chi connectivity index (χ2v) is 7.00. The third-order valence-electron chi connectivity index (χ3n) is 4.68. The Morgan fingerprint density at radius 1 is 0.893 bits per heavy atom. The molecule has 4 aromatic rings. The summed E-state index contributed by atoms with van der Waals surface area (Å²) in [7, 11) is 0. The average molecular weight is 370 g/mol. The van der Waals surface area contributed by atoms with Crippen molar-refractivity contribution < 1.29 is 4.74 Å². The molecule has 2 aromatic heterocycles.